The summed E-state index contributed by atoms with van der Waals surface area (Å²) in [6, 6.07) is 4.51. The van der Waals surface area contributed by atoms with E-state index in [1.807, 2.05) is 11.3 Å². The van der Waals surface area contributed by atoms with E-state index in [2.05, 4.69) is 50.9 Å². The van der Waals surface area contributed by atoms with Crippen LogP contribution in [0, 0.1) is 5.41 Å². The molecule has 0 saturated heterocycles. The maximum absolute atomic E-state index is 3.97. The normalized spacial score (nSPS) is 14.7. The Labute approximate surface area is 104 Å². The molecular formula is C14H23NS. The van der Waals surface area contributed by atoms with Crippen LogP contribution in [0.1, 0.15) is 30.5 Å². The van der Waals surface area contributed by atoms with E-state index in [0.717, 1.165) is 25.9 Å². The van der Waals surface area contributed by atoms with Crippen LogP contribution in [0.2, 0.25) is 0 Å². The van der Waals surface area contributed by atoms with Crippen molar-refractivity contribution in [3.8, 4) is 0 Å². The summed E-state index contributed by atoms with van der Waals surface area (Å²) in [5.41, 5.74) is 0.172. The lowest BCUT2D eigenvalue weighted by atomic mass is 9.86. The summed E-state index contributed by atoms with van der Waals surface area (Å²) in [5, 5.41) is 3.41. The van der Waals surface area contributed by atoms with Crippen molar-refractivity contribution in [3.05, 3.63) is 34.5 Å². The molecule has 1 aromatic rings. The first kappa shape index (κ1) is 13.5. The molecule has 0 aliphatic rings. The van der Waals surface area contributed by atoms with Gasteiger partial charge in [-0.05, 0) is 31.5 Å². The Morgan fingerprint density at radius 2 is 2.06 bits per heavy atom. The van der Waals surface area contributed by atoms with Crippen LogP contribution < -0.4 is 5.32 Å². The number of hydrogen-bond donors (Lipinski definition) is 1. The summed E-state index contributed by atoms with van der Waals surface area (Å²) in [6.07, 6.45) is 4.32. The van der Waals surface area contributed by atoms with Gasteiger partial charge >= 0.3 is 0 Å². The van der Waals surface area contributed by atoms with Gasteiger partial charge in [-0.3, -0.25) is 0 Å². The predicted octanol–water partition coefficient (Wildman–Crippen LogP) is 3.65. The monoisotopic (exact) mass is 237 g/mol. The maximum Gasteiger partial charge on any atom is 0.00571 e. The minimum atomic E-state index is 0.172. The molecule has 0 aromatic carbocycles. The molecule has 1 N–H and O–H groups in total. The molecule has 1 nitrogen and oxygen atoms in total. The van der Waals surface area contributed by atoms with Crippen LogP contribution in [0.25, 0.3) is 0 Å². The summed E-state index contributed by atoms with van der Waals surface area (Å²) < 4.78 is 0. The van der Waals surface area contributed by atoms with Crippen molar-refractivity contribution in [2.24, 2.45) is 5.41 Å². The topological polar surface area (TPSA) is 12.0 Å². The van der Waals surface area contributed by atoms with Gasteiger partial charge in [0.1, 0.15) is 0 Å². The maximum atomic E-state index is 3.97. The molecule has 1 heterocycles. The van der Waals surface area contributed by atoms with Crippen LogP contribution in [0.15, 0.2) is 24.8 Å². The minimum absolute atomic E-state index is 0.172. The lowest BCUT2D eigenvalue weighted by Crippen LogP contribution is -2.31. The Kier molecular flexibility index (Phi) is 5.23. The molecule has 1 unspecified atom stereocenters. The third-order valence-electron chi connectivity index (χ3n) is 2.92. The lowest BCUT2D eigenvalue weighted by molar-refractivity contribution is 0.398. The first-order valence-corrected chi connectivity index (χ1v) is 6.87. The molecule has 0 saturated carbocycles. The van der Waals surface area contributed by atoms with Gasteiger partial charge in [-0.1, -0.05) is 26.8 Å². The Morgan fingerprint density at radius 3 is 2.56 bits per heavy atom. The quantitative estimate of drug-likeness (QED) is 0.714. The lowest BCUT2D eigenvalue weighted by Gasteiger charge is -2.25. The van der Waals surface area contributed by atoms with Crippen molar-refractivity contribution in [1.82, 2.24) is 5.32 Å². The van der Waals surface area contributed by atoms with Crippen molar-refractivity contribution in [1.29, 1.82) is 0 Å². The largest absolute Gasteiger partial charge is 0.316 e. The smallest absolute Gasteiger partial charge is 0.00571 e. The molecule has 0 aliphatic heterocycles. The van der Waals surface area contributed by atoms with E-state index in [1.165, 1.54) is 9.75 Å². The van der Waals surface area contributed by atoms with Crippen LogP contribution in [0.4, 0.5) is 0 Å². The summed E-state index contributed by atoms with van der Waals surface area (Å²) >= 11 is 1.93. The van der Waals surface area contributed by atoms with Gasteiger partial charge in [-0.15, -0.1) is 17.9 Å². The van der Waals surface area contributed by atoms with E-state index < -0.39 is 0 Å². The minimum Gasteiger partial charge on any atom is -0.316 e. The number of rotatable bonds is 7. The van der Waals surface area contributed by atoms with Crippen LogP contribution in [0.3, 0.4) is 0 Å². The molecule has 1 rings (SSSR count). The van der Waals surface area contributed by atoms with Gasteiger partial charge in [0.25, 0.3) is 0 Å². The van der Waals surface area contributed by atoms with E-state index in [1.54, 1.807) is 0 Å². The van der Waals surface area contributed by atoms with E-state index in [0.29, 0.717) is 0 Å². The van der Waals surface area contributed by atoms with E-state index >= 15 is 0 Å². The first-order valence-electron chi connectivity index (χ1n) is 6.05. The van der Waals surface area contributed by atoms with Crippen LogP contribution >= 0.6 is 11.3 Å². The molecule has 0 fully saturated rings. The second kappa shape index (κ2) is 6.21. The van der Waals surface area contributed by atoms with Gasteiger partial charge in [0.05, 0.1) is 0 Å². The van der Waals surface area contributed by atoms with E-state index in [4.69, 9.17) is 0 Å². The fourth-order valence-corrected chi connectivity index (χ4v) is 2.88. The highest BCUT2D eigenvalue weighted by Crippen LogP contribution is 2.27. The number of hydrogen-bond acceptors (Lipinski definition) is 2. The molecule has 1 atom stereocenters. The van der Waals surface area contributed by atoms with E-state index in [-0.39, 0.29) is 5.41 Å². The highest BCUT2D eigenvalue weighted by Gasteiger charge is 2.20. The van der Waals surface area contributed by atoms with Gasteiger partial charge in [-0.25, -0.2) is 0 Å². The zero-order valence-electron chi connectivity index (χ0n) is 10.7. The standard InChI is InChI=1S/C14H23NS/c1-5-12-8-9-13(16-12)10-14(4,6-2)11-15-7-3/h6,8-9,15H,2,5,7,10-11H2,1,3-4H3. The molecule has 0 bridgehead atoms. The average molecular weight is 237 g/mol. The Balaban J connectivity index is 2.64. The fraction of sp³-hybridized carbons (Fsp3) is 0.571. The second-order valence-corrected chi connectivity index (χ2v) is 5.79. The number of aryl methyl sites for hydroxylation is 1. The molecule has 16 heavy (non-hydrogen) atoms. The average Bonchev–Trinajstić information content (AvgIpc) is 2.74. The van der Waals surface area contributed by atoms with Gasteiger partial charge < -0.3 is 5.32 Å². The zero-order valence-corrected chi connectivity index (χ0v) is 11.5. The molecule has 0 amide bonds. The van der Waals surface area contributed by atoms with Crippen molar-refractivity contribution >= 4 is 11.3 Å². The van der Waals surface area contributed by atoms with Gasteiger partial charge in [0, 0.05) is 21.7 Å². The predicted molar refractivity (Wildman–Crippen MR) is 74.2 cm³/mol. The summed E-state index contributed by atoms with van der Waals surface area (Å²) in [6.45, 7) is 12.6. The molecule has 90 valence electrons. The van der Waals surface area contributed by atoms with Crippen LogP contribution in [-0.4, -0.2) is 13.1 Å². The SMILES string of the molecule is C=CC(C)(CNCC)Cc1ccc(CC)s1. The van der Waals surface area contributed by atoms with Crippen LogP contribution in [0.5, 0.6) is 0 Å². The summed E-state index contributed by atoms with van der Waals surface area (Å²) in [4.78, 5) is 2.95. The Morgan fingerprint density at radius 1 is 1.38 bits per heavy atom. The summed E-state index contributed by atoms with van der Waals surface area (Å²) in [5.74, 6) is 0. The van der Waals surface area contributed by atoms with Crippen molar-refractivity contribution in [2.75, 3.05) is 13.1 Å². The third kappa shape index (κ3) is 3.76. The van der Waals surface area contributed by atoms with Gasteiger partial charge in [0.2, 0.25) is 0 Å². The van der Waals surface area contributed by atoms with Crippen molar-refractivity contribution < 1.29 is 0 Å². The Hall–Kier alpha value is -0.600. The van der Waals surface area contributed by atoms with Crippen molar-refractivity contribution in [3.63, 3.8) is 0 Å². The highest BCUT2D eigenvalue weighted by molar-refractivity contribution is 7.11. The summed E-state index contributed by atoms with van der Waals surface area (Å²) in [7, 11) is 0. The second-order valence-electron chi connectivity index (χ2n) is 4.54. The molecule has 0 spiro atoms. The fourth-order valence-electron chi connectivity index (χ4n) is 1.72. The highest BCUT2D eigenvalue weighted by atomic mass is 32.1. The van der Waals surface area contributed by atoms with Crippen molar-refractivity contribution in [2.45, 2.75) is 33.6 Å². The molecule has 0 radical (unpaired) electrons. The number of thiophene rings is 1. The third-order valence-corrected chi connectivity index (χ3v) is 4.15. The van der Waals surface area contributed by atoms with Gasteiger partial charge in [-0.2, -0.15) is 0 Å². The van der Waals surface area contributed by atoms with E-state index in [9.17, 15) is 0 Å². The Bertz CT molecular complexity index is 329. The molecule has 1 aromatic heterocycles. The first-order chi connectivity index (χ1) is 7.63. The number of nitrogens with one attached hydrogen (secondary N) is 1. The molecular weight excluding hydrogens is 214 g/mol. The molecule has 0 aliphatic carbocycles. The zero-order chi connectivity index (χ0) is 12.0. The molecule has 2 heteroatoms. The van der Waals surface area contributed by atoms with Crippen LogP contribution in [-0.2, 0) is 12.8 Å². The van der Waals surface area contributed by atoms with Gasteiger partial charge in [0.15, 0.2) is 0 Å².